The molecule has 0 saturated carbocycles. The summed E-state index contributed by atoms with van der Waals surface area (Å²) in [5, 5.41) is 9.74. The molecule has 2 N–H and O–H groups in total. The van der Waals surface area contributed by atoms with E-state index in [4.69, 9.17) is 0 Å². The highest BCUT2D eigenvalue weighted by Gasteiger charge is 2.14. The third-order valence-electron chi connectivity index (χ3n) is 3.32. The molecule has 0 atom stereocenters. The van der Waals surface area contributed by atoms with E-state index in [9.17, 15) is 4.79 Å². The molecule has 0 bridgehead atoms. The summed E-state index contributed by atoms with van der Waals surface area (Å²) in [5.41, 5.74) is 3.74. The number of aromatic nitrogens is 5. The molecule has 0 fully saturated rings. The Bertz CT molecular complexity index is 788. The van der Waals surface area contributed by atoms with E-state index < -0.39 is 0 Å². The Morgan fingerprint density at radius 3 is 3.14 bits per heavy atom. The van der Waals surface area contributed by atoms with Crippen LogP contribution in [-0.4, -0.2) is 30.5 Å². The molecule has 0 saturated heterocycles. The number of aryl methyl sites for hydroxylation is 2. The molecule has 108 valence electrons. The highest BCUT2D eigenvalue weighted by molar-refractivity contribution is 5.97. The summed E-state index contributed by atoms with van der Waals surface area (Å²) >= 11 is 0. The van der Waals surface area contributed by atoms with Crippen LogP contribution in [0, 0.1) is 6.92 Å². The molecule has 3 rings (SSSR count). The summed E-state index contributed by atoms with van der Waals surface area (Å²) in [6, 6.07) is 0. The number of hydrogen-bond donors (Lipinski definition) is 2. The lowest BCUT2D eigenvalue weighted by Gasteiger charge is -2.05. The molecule has 0 aliphatic carbocycles. The number of imidazole rings is 1. The van der Waals surface area contributed by atoms with Gasteiger partial charge in [0.2, 0.25) is 0 Å². The van der Waals surface area contributed by atoms with Gasteiger partial charge in [-0.1, -0.05) is 6.92 Å². The smallest absolute Gasteiger partial charge is 0.274 e. The Kier molecular flexibility index (Phi) is 3.39. The Morgan fingerprint density at radius 2 is 2.33 bits per heavy atom. The van der Waals surface area contributed by atoms with E-state index in [0.717, 1.165) is 23.4 Å². The van der Waals surface area contributed by atoms with E-state index in [1.165, 1.54) is 0 Å². The third kappa shape index (κ3) is 2.49. The van der Waals surface area contributed by atoms with Crippen molar-refractivity contribution in [3.05, 3.63) is 47.4 Å². The predicted molar refractivity (Wildman–Crippen MR) is 76.9 cm³/mol. The van der Waals surface area contributed by atoms with Crippen molar-refractivity contribution < 1.29 is 4.79 Å². The van der Waals surface area contributed by atoms with Gasteiger partial charge in [0.1, 0.15) is 0 Å². The van der Waals surface area contributed by atoms with Crippen molar-refractivity contribution in [2.24, 2.45) is 0 Å². The fourth-order valence-electron chi connectivity index (χ4n) is 2.25. The van der Waals surface area contributed by atoms with Gasteiger partial charge in [-0.15, -0.1) is 0 Å². The lowest BCUT2D eigenvalue weighted by Crippen LogP contribution is -2.25. The fraction of sp³-hybridized carbons (Fsp3) is 0.286. The van der Waals surface area contributed by atoms with Crippen LogP contribution in [0.5, 0.6) is 0 Å². The van der Waals surface area contributed by atoms with Crippen molar-refractivity contribution in [3.8, 4) is 0 Å². The zero-order chi connectivity index (χ0) is 14.8. The van der Waals surface area contributed by atoms with Crippen molar-refractivity contribution >= 4 is 11.6 Å². The Labute approximate surface area is 121 Å². The van der Waals surface area contributed by atoms with Crippen molar-refractivity contribution in [1.82, 2.24) is 29.9 Å². The van der Waals surface area contributed by atoms with Crippen molar-refractivity contribution in [3.63, 3.8) is 0 Å². The zero-order valence-electron chi connectivity index (χ0n) is 11.9. The van der Waals surface area contributed by atoms with Crippen LogP contribution in [0.1, 0.15) is 34.4 Å². The van der Waals surface area contributed by atoms with Crippen LogP contribution < -0.4 is 5.32 Å². The maximum atomic E-state index is 12.3. The van der Waals surface area contributed by atoms with E-state index in [0.29, 0.717) is 17.9 Å². The first-order valence-corrected chi connectivity index (χ1v) is 6.78. The molecule has 7 heteroatoms. The summed E-state index contributed by atoms with van der Waals surface area (Å²) in [6.07, 6.45) is 7.87. The van der Waals surface area contributed by atoms with Crippen LogP contribution in [0.15, 0.2) is 24.8 Å². The molecule has 3 heterocycles. The largest absolute Gasteiger partial charge is 0.345 e. The number of rotatable bonds is 4. The third-order valence-corrected chi connectivity index (χ3v) is 3.32. The maximum Gasteiger partial charge on any atom is 0.274 e. The molecular weight excluding hydrogens is 268 g/mol. The van der Waals surface area contributed by atoms with E-state index in [1.54, 1.807) is 23.0 Å². The molecule has 3 aromatic rings. The van der Waals surface area contributed by atoms with Crippen LogP contribution in [0.3, 0.4) is 0 Å². The second-order valence-corrected chi connectivity index (χ2v) is 4.80. The Morgan fingerprint density at radius 1 is 1.48 bits per heavy atom. The second kappa shape index (κ2) is 5.35. The van der Waals surface area contributed by atoms with Gasteiger partial charge in [-0.25, -0.2) is 9.97 Å². The lowest BCUT2D eigenvalue weighted by molar-refractivity contribution is 0.0946. The number of fused-ring (bicyclic) bond motifs is 1. The molecule has 0 aliphatic rings. The van der Waals surface area contributed by atoms with Crippen LogP contribution in [0.4, 0.5) is 0 Å². The predicted octanol–water partition coefficient (Wildman–Crippen LogP) is 1.25. The number of H-pyrrole nitrogens is 1. The minimum Gasteiger partial charge on any atom is -0.345 e. The molecule has 0 aromatic carbocycles. The number of nitrogens with one attached hydrogen (secondary N) is 2. The first-order valence-electron chi connectivity index (χ1n) is 6.78. The SMILES string of the molecule is CCc1cn[nH]c1CNC(=O)c1nccn2cc(C)nc12. The molecule has 0 spiro atoms. The van der Waals surface area contributed by atoms with E-state index in [1.807, 2.05) is 20.0 Å². The number of carbonyl (C=O) groups is 1. The Hall–Kier alpha value is -2.70. The molecule has 0 unspecified atom stereocenters. The van der Waals surface area contributed by atoms with Crippen molar-refractivity contribution in [2.75, 3.05) is 0 Å². The molecule has 0 aliphatic heterocycles. The highest BCUT2D eigenvalue weighted by Crippen LogP contribution is 2.09. The quantitative estimate of drug-likeness (QED) is 0.754. The average Bonchev–Trinajstić information content (AvgIpc) is 3.08. The van der Waals surface area contributed by atoms with Gasteiger partial charge in [0.25, 0.3) is 5.91 Å². The number of carbonyl (C=O) groups excluding carboxylic acids is 1. The van der Waals surface area contributed by atoms with Crippen LogP contribution in [0.2, 0.25) is 0 Å². The van der Waals surface area contributed by atoms with Gasteiger partial charge in [-0.3, -0.25) is 9.89 Å². The van der Waals surface area contributed by atoms with Gasteiger partial charge >= 0.3 is 0 Å². The molecule has 21 heavy (non-hydrogen) atoms. The summed E-state index contributed by atoms with van der Waals surface area (Å²) in [5.74, 6) is -0.247. The minimum atomic E-state index is -0.247. The van der Waals surface area contributed by atoms with E-state index >= 15 is 0 Å². The van der Waals surface area contributed by atoms with E-state index in [-0.39, 0.29) is 5.91 Å². The molecule has 3 aromatic heterocycles. The van der Waals surface area contributed by atoms with Crippen LogP contribution >= 0.6 is 0 Å². The molecular formula is C14H16N6O. The minimum absolute atomic E-state index is 0.247. The number of nitrogens with zero attached hydrogens (tertiary/aromatic N) is 4. The normalized spacial score (nSPS) is 11.0. The molecule has 0 radical (unpaired) electrons. The topological polar surface area (TPSA) is 88.0 Å². The lowest BCUT2D eigenvalue weighted by atomic mass is 10.2. The summed E-state index contributed by atoms with van der Waals surface area (Å²) < 4.78 is 1.80. The summed E-state index contributed by atoms with van der Waals surface area (Å²) in [6.45, 7) is 4.32. The highest BCUT2D eigenvalue weighted by atomic mass is 16.1. The number of hydrogen-bond acceptors (Lipinski definition) is 4. The van der Waals surface area contributed by atoms with Crippen LogP contribution in [0.25, 0.3) is 5.65 Å². The summed E-state index contributed by atoms with van der Waals surface area (Å²) in [7, 11) is 0. The van der Waals surface area contributed by atoms with Gasteiger partial charge < -0.3 is 9.72 Å². The standard InChI is InChI=1S/C14H16N6O/c1-3-10-6-17-19-11(10)7-16-14(21)12-13-18-9(2)8-20(13)5-4-15-12/h4-6,8H,3,7H2,1-2H3,(H,16,21)(H,17,19). The van der Waals surface area contributed by atoms with Gasteiger partial charge in [0, 0.05) is 18.6 Å². The first-order chi connectivity index (χ1) is 10.2. The fourth-order valence-corrected chi connectivity index (χ4v) is 2.25. The van der Waals surface area contributed by atoms with Crippen LogP contribution in [-0.2, 0) is 13.0 Å². The maximum absolute atomic E-state index is 12.3. The van der Waals surface area contributed by atoms with Crippen molar-refractivity contribution in [2.45, 2.75) is 26.8 Å². The van der Waals surface area contributed by atoms with Gasteiger partial charge in [0.15, 0.2) is 11.3 Å². The zero-order valence-corrected chi connectivity index (χ0v) is 11.9. The van der Waals surface area contributed by atoms with Gasteiger partial charge in [-0.2, -0.15) is 5.10 Å². The Balaban J connectivity index is 1.81. The second-order valence-electron chi connectivity index (χ2n) is 4.80. The average molecular weight is 284 g/mol. The first kappa shape index (κ1) is 13.3. The summed E-state index contributed by atoms with van der Waals surface area (Å²) in [4.78, 5) is 20.8. The monoisotopic (exact) mass is 284 g/mol. The van der Waals surface area contributed by atoms with Gasteiger partial charge in [-0.05, 0) is 18.9 Å². The van der Waals surface area contributed by atoms with E-state index in [2.05, 4.69) is 25.5 Å². The number of amides is 1. The molecule has 7 nitrogen and oxygen atoms in total. The van der Waals surface area contributed by atoms with Crippen molar-refractivity contribution in [1.29, 1.82) is 0 Å². The molecule has 1 amide bonds. The van der Waals surface area contributed by atoms with Gasteiger partial charge in [0.05, 0.1) is 24.1 Å². The number of aromatic amines is 1.